The molecular formula is C12H17N3O2. The molecule has 1 rings (SSSR count). The highest BCUT2D eigenvalue weighted by molar-refractivity contribution is 5.93. The number of carbonyl (C=O) groups is 1. The third-order valence-corrected chi connectivity index (χ3v) is 2.03. The fourth-order valence-corrected chi connectivity index (χ4v) is 1.22. The van der Waals surface area contributed by atoms with Crippen molar-refractivity contribution in [2.45, 2.75) is 0 Å². The zero-order chi connectivity index (χ0) is 12.5. The number of anilines is 1. The Morgan fingerprint density at radius 3 is 3.18 bits per heavy atom. The van der Waals surface area contributed by atoms with Crippen LogP contribution in [-0.4, -0.2) is 37.7 Å². The van der Waals surface area contributed by atoms with Gasteiger partial charge in [0.15, 0.2) is 0 Å². The van der Waals surface area contributed by atoms with Crippen LogP contribution < -0.4 is 10.6 Å². The summed E-state index contributed by atoms with van der Waals surface area (Å²) in [5.41, 5.74) is 1.23. The Morgan fingerprint density at radius 1 is 1.65 bits per heavy atom. The maximum absolute atomic E-state index is 11.6. The number of amides is 1. The van der Waals surface area contributed by atoms with E-state index in [1.165, 1.54) is 0 Å². The predicted molar refractivity (Wildman–Crippen MR) is 67.1 cm³/mol. The van der Waals surface area contributed by atoms with E-state index in [4.69, 9.17) is 4.74 Å². The summed E-state index contributed by atoms with van der Waals surface area (Å²) in [4.78, 5) is 15.6. The lowest BCUT2D eigenvalue weighted by Gasteiger charge is -2.07. The van der Waals surface area contributed by atoms with Crippen LogP contribution in [0.25, 0.3) is 0 Å². The molecule has 5 heteroatoms. The first-order valence-electron chi connectivity index (χ1n) is 5.36. The molecule has 0 saturated heterocycles. The van der Waals surface area contributed by atoms with Gasteiger partial charge in [0, 0.05) is 32.1 Å². The molecule has 0 radical (unpaired) electrons. The minimum Gasteiger partial charge on any atom is -0.383 e. The molecule has 5 nitrogen and oxygen atoms in total. The molecule has 0 unspecified atom stereocenters. The van der Waals surface area contributed by atoms with Crippen molar-refractivity contribution in [2.75, 3.05) is 32.1 Å². The first kappa shape index (κ1) is 13.2. The standard InChI is InChI=1S/C12H17N3O2/c1-3-5-15-12(16)11-9-10(4-6-14-11)13-7-8-17-2/h3-4,6,9H,1,5,7-8H2,2H3,(H,13,14)(H,15,16). The minimum absolute atomic E-state index is 0.208. The van der Waals surface area contributed by atoms with Crippen LogP contribution >= 0.6 is 0 Å². The quantitative estimate of drug-likeness (QED) is 0.548. The number of hydrogen-bond acceptors (Lipinski definition) is 4. The Bertz CT molecular complexity index is 380. The third-order valence-electron chi connectivity index (χ3n) is 2.03. The van der Waals surface area contributed by atoms with Crippen molar-refractivity contribution in [3.05, 3.63) is 36.7 Å². The maximum atomic E-state index is 11.6. The summed E-state index contributed by atoms with van der Waals surface area (Å²) >= 11 is 0. The van der Waals surface area contributed by atoms with E-state index in [2.05, 4.69) is 22.2 Å². The van der Waals surface area contributed by atoms with Crippen molar-refractivity contribution in [3.63, 3.8) is 0 Å². The van der Waals surface area contributed by atoms with Crippen molar-refractivity contribution in [1.29, 1.82) is 0 Å². The lowest BCUT2D eigenvalue weighted by atomic mass is 10.3. The molecule has 0 aromatic carbocycles. The van der Waals surface area contributed by atoms with Crippen LogP contribution in [-0.2, 0) is 4.74 Å². The summed E-state index contributed by atoms with van der Waals surface area (Å²) in [5, 5.41) is 5.80. The highest BCUT2D eigenvalue weighted by Gasteiger charge is 2.06. The molecule has 0 bridgehead atoms. The predicted octanol–water partition coefficient (Wildman–Crippen LogP) is 1.06. The summed E-state index contributed by atoms with van der Waals surface area (Å²) in [7, 11) is 1.64. The van der Waals surface area contributed by atoms with E-state index in [1.807, 2.05) is 0 Å². The summed E-state index contributed by atoms with van der Waals surface area (Å²) < 4.78 is 4.93. The molecular weight excluding hydrogens is 218 g/mol. The van der Waals surface area contributed by atoms with Gasteiger partial charge in [0.1, 0.15) is 5.69 Å². The molecule has 1 aromatic heterocycles. The monoisotopic (exact) mass is 235 g/mol. The van der Waals surface area contributed by atoms with Crippen LogP contribution in [0.1, 0.15) is 10.5 Å². The van der Waals surface area contributed by atoms with Crippen LogP contribution in [0.4, 0.5) is 5.69 Å². The second-order valence-corrected chi connectivity index (χ2v) is 3.35. The van der Waals surface area contributed by atoms with Gasteiger partial charge < -0.3 is 15.4 Å². The van der Waals surface area contributed by atoms with E-state index in [1.54, 1.807) is 31.5 Å². The zero-order valence-corrected chi connectivity index (χ0v) is 9.90. The molecule has 1 aromatic rings. The fourth-order valence-electron chi connectivity index (χ4n) is 1.22. The number of nitrogens with one attached hydrogen (secondary N) is 2. The van der Waals surface area contributed by atoms with Gasteiger partial charge in [0.2, 0.25) is 0 Å². The molecule has 92 valence electrons. The topological polar surface area (TPSA) is 63.2 Å². The first-order valence-corrected chi connectivity index (χ1v) is 5.36. The van der Waals surface area contributed by atoms with E-state index in [0.29, 0.717) is 25.4 Å². The van der Waals surface area contributed by atoms with Crippen molar-refractivity contribution >= 4 is 11.6 Å². The molecule has 0 aliphatic carbocycles. The molecule has 0 fully saturated rings. The second-order valence-electron chi connectivity index (χ2n) is 3.35. The molecule has 17 heavy (non-hydrogen) atoms. The van der Waals surface area contributed by atoms with Crippen LogP contribution in [0.15, 0.2) is 31.0 Å². The number of rotatable bonds is 7. The van der Waals surface area contributed by atoms with E-state index in [-0.39, 0.29) is 5.91 Å². The largest absolute Gasteiger partial charge is 0.383 e. The second kappa shape index (κ2) is 7.40. The molecule has 1 heterocycles. The average Bonchev–Trinajstić information content (AvgIpc) is 2.36. The Hall–Kier alpha value is -1.88. The highest BCUT2D eigenvalue weighted by atomic mass is 16.5. The van der Waals surface area contributed by atoms with Crippen LogP contribution in [0.2, 0.25) is 0 Å². The van der Waals surface area contributed by atoms with Gasteiger partial charge in [-0.15, -0.1) is 6.58 Å². The lowest BCUT2D eigenvalue weighted by molar-refractivity contribution is 0.0953. The average molecular weight is 235 g/mol. The van der Waals surface area contributed by atoms with E-state index < -0.39 is 0 Å². The number of pyridine rings is 1. The Balaban J connectivity index is 2.58. The normalized spacial score (nSPS) is 9.71. The number of aromatic nitrogens is 1. The molecule has 2 N–H and O–H groups in total. The van der Waals surface area contributed by atoms with Crippen molar-refractivity contribution < 1.29 is 9.53 Å². The summed E-state index contributed by atoms with van der Waals surface area (Å²) in [6.45, 7) is 5.26. The summed E-state index contributed by atoms with van der Waals surface area (Å²) in [6.07, 6.45) is 3.22. The molecule has 0 aliphatic rings. The van der Waals surface area contributed by atoms with Gasteiger partial charge in [-0.1, -0.05) is 6.08 Å². The van der Waals surface area contributed by atoms with Crippen molar-refractivity contribution in [3.8, 4) is 0 Å². The molecule has 1 amide bonds. The Labute approximate surface area is 101 Å². The van der Waals surface area contributed by atoms with E-state index in [9.17, 15) is 4.79 Å². The van der Waals surface area contributed by atoms with Crippen molar-refractivity contribution in [1.82, 2.24) is 10.3 Å². The van der Waals surface area contributed by atoms with Gasteiger partial charge in [-0.05, 0) is 12.1 Å². The molecule has 0 atom stereocenters. The van der Waals surface area contributed by atoms with Gasteiger partial charge >= 0.3 is 0 Å². The smallest absolute Gasteiger partial charge is 0.270 e. The number of carbonyl (C=O) groups excluding carboxylic acids is 1. The van der Waals surface area contributed by atoms with Gasteiger partial charge in [-0.25, -0.2) is 0 Å². The number of hydrogen-bond donors (Lipinski definition) is 2. The van der Waals surface area contributed by atoms with Gasteiger partial charge in [0.25, 0.3) is 5.91 Å². The summed E-state index contributed by atoms with van der Waals surface area (Å²) in [5.74, 6) is -0.208. The number of methoxy groups -OCH3 is 1. The first-order chi connectivity index (χ1) is 8.27. The summed E-state index contributed by atoms with van der Waals surface area (Å²) in [6, 6.07) is 3.51. The Morgan fingerprint density at radius 2 is 2.47 bits per heavy atom. The lowest BCUT2D eigenvalue weighted by Crippen LogP contribution is -2.24. The van der Waals surface area contributed by atoms with E-state index in [0.717, 1.165) is 5.69 Å². The Kier molecular flexibility index (Phi) is 5.74. The van der Waals surface area contributed by atoms with Gasteiger partial charge in [0.05, 0.1) is 6.61 Å². The molecule has 0 aliphatic heterocycles. The SMILES string of the molecule is C=CCNC(=O)c1cc(NCCOC)ccn1. The van der Waals surface area contributed by atoms with Crippen LogP contribution in [0.3, 0.4) is 0 Å². The zero-order valence-electron chi connectivity index (χ0n) is 9.90. The van der Waals surface area contributed by atoms with E-state index >= 15 is 0 Å². The number of ether oxygens (including phenoxy) is 1. The maximum Gasteiger partial charge on any atom is 0.270 e. The van der Waals surface area contributed by atoms with Gasteiger partial charge in [-0.2, -0.15) is 0 Å². The fraction of sp³-hybridized carbons (Fsp3) is 0.333. The third kappa shape index (κ3) is 4.65. The van der Waals surface area contributed by atoms with Crippen molar-refractivity contribution in [2.24, 2.45) is 0 Å². The molecule has 0 spiro atoms. The highest BCUT2D eigenvalue weighted by Crippen LogP contribution is 2.07. The van der Waals surface area contributed by atoms with Gasteiger partial charge in [-0.3, -0.25) is 9.78 Å². The van der Waals surface area contributed by atoms with Crippen LogP contribution in [0.5, 0.6) is 0 Å². The molecule has 0 saturated carbocycles. The minimum atomic E-state index is -0.208. The number of nitrogens with zero attached hydrogens (tertiary/aromatic N) is 1. The van der Waals surface area contributed by atoms with Crippen LogP contribution in [0, 0.1) is 0 Å².